The van der Waals surface area contributed by atoms with Crippen LogP contribution in [0.15, 0.2) is 60.8 Å². The minimum absolute atomic E-state index is 0.140. The molecule has 0 fully saturated rings. The van der Waals surface area contributed by atoms with Crippen molar-refractivity contribution in [2.45, 2.75) is 6.61 Å². The third-order valence-corrected chi connectivity index (χ3v) is 3.36. The summed E-state index contributed by atoms with van der Waals surface area (Å²) in [6, 6.07) is 16.5. The largest absolute Gasteiger partial charge is 0.444 e. The Hall–Kier alpha value is -3.66. The van der Waals surface area contributed by atoms with Crippen LogP contribution in [0.3, 0.4) is 0 Å². The summed E-state index contributed by atoms with van der Waals surface area (Å²) in [5.41, 5.74) is 1.42. The molecule has 1 heterocycles. The molecule has 0 atom stereocenters. The summed E-state index contributed by atoms with van der Waals surface area (Å²) in [5, 5.41) is 15.7. The summed E-state index contributed by atoms with van der Waals surface area (Å²) in [4.78, 5) is 11.8. The van der Waals surface area contributed by atoms with Gasteiger partial charge >= 0.3 is 6.09 Å². The van der Waals surface area contributed by atoms with Gasteiger partial charge in [-0.3, -0.25) is 5.32 Å². The van der Waals surface area contributed by atoms with Crippen molar-refractivity contribution in [3.63, 3.8) is 0 Å². The van der Waals surface area contributed by atoms with E-state index in [0.717, 1.165) is 11.6 Å². The van der Waals surface area contributed by atoms with Gasteiger partial charge in [0.1, 0.15) is 18.5 Å². The predicted molar refractivity (Wildman–Crippen MR) is 88.5 cm³/mol. The molecule has 0 radical (unpaired) electrons. The standard InChI is InChI=1S/C18H13FN4O2/c19-15-6-7-16(14(10-15)11-20)23-9-8-17(22-23)21-18(24)25-12-13-4-2-1-3-5-13/h1-10H,12H2,(H,21,22,24). The molecule has 0 saturated heterocycles. The van der Waals surface area contributed by atoms with Crippen LogP contribution in [0.5, 0.6) is 0 Å². The van der Waals surface area contributed by atoms with Crippen molar-refractivity contribution in [1.29, 1.82) is 5.26 Å². The Morgan fingerprint density at radius 2 is 2.04 bits per heavy atom. The summed E-state index contributed by atoms with van der Waals surface area (Å²) >= 11 is 0. The summed E-state index contributed by atoms with van der Waals surface area (Å²) < 4.78 is 19.7. The molecule has 0 aliphatic rings. The van der Waals surface area contributed by atoms with Crippen LogP contribution in [0.1, 0.15) is 11.1 Å². The Bertz CT molecular complexity index is 932. The molecular formula is C18H13FN4O2. The first-order valence-electron chi connectivity index (χ1n) is 7.39. The molecule has 7 heteroatoms. The first kappa shape index (κ1) is 16.2. The van der Waals surface area contributed by atoms with Crippen LogP contribution < -0.4 is 5.32 Å². The topological polar surface area (TPSA) is 79.9 Å². The van der Waals surface area contributed by atoms with Crippen molar-refractivity contribution in [1.82, 2.24) is 9.78 Å². The van der Waals surface area contributed by atoms with Gasteiger partial charge in [-0.1, -0.05) is 30.3 Å². The van der Waals surface area contributed by atoms with Gasteiger partial charge in [-0.2, -0.15) is 5.26 Å². The zero-order valence-corrected chi connectivity index (χ0v) is 13.0. The van der Waals surface area contributed by atoms with Crippen LogP contribution in [0.2, 0.25) is 0 Å². The Balaban J connectivity index is 1.66. The van der Waals surface area contributed by atoms with E-state index in [1.54, 1.807) is 12.3 Å². The van der Waals surface area contributed by atoms with E-state index in [0.29, 0.717) is 5.69 Å². The van der Waals surface area contributed by atoms with Crippen molar-refractivity contribution in [2.75, 3.05) is 5.32 Å². The van der Waals surface area contributed by atoms with E-state index in [-0.39, 0.29) is 18.0 Å². The van der Waals surface area contributed by atoms with Crippen LogP contribution in [0.4, 0.5) is 15.0 Å². The number of hydrogen-bond donors (Lipinski definition) is 1. The Labute approximate surface area is 143 Å². The normalized spacial score (nSPS) is 10.1. The summed E-state index contributed by atoms with van der Waals surface area (Å²) in [6.45, 7) is 0.143. The molecule has 0 aliphatic carbocycles. The van der Waals surface area contributed by atoms with E-state index in [9.17, 15) is 9.18 Å². The number of nitrogens with zero attached hydrogens (tertiary/aromatic N) is 3. The number of nitriles is 1. The lowest BCUT2D eigenvalue weighted by molar-refractivity contribution is 0.155. The third-order valence-electron chi connectivity index (χ3n) is 3.36. The van der Waals surface area contributed by atoms with Crippen molar-refractivity contribution < 1.29 is 13.9 Å². The van der Waals surface area contributed by atoms with Gasteiger partial charge in [0.25, 0.3) is 0 Å². The second-order valence-corrected chi connectivity index (χ2v) is 5.11. The monoisotopic (exact) mass is 336 g/mol. The third kappa shape index (κ3) is 4.00. The highest BCUT2D eigenvalue weighted by Crippen LogP contribution is 2.16. The Kier molecular flexibility index (Phi) is 4.72. The van der Waals surface area contributed by atoms with Gasteiger partial charge in [-0.05, 0) is 23.8 Å². The van der Waals surface area contributed by atoms with Gasteiger partial charge < -0.3 is 4.74 Å². The van der Waals surface area contributed by atoms with Crippen molar-refractivity contribution in [2.24, 2.45) is 0 Å². The second-order valence-electron chi connectivity index (χ2n) is 5.11. The quantitative estimate of drug-likeness (QED) is 0.789. The number of halogens is 1. The molecule has 0 unspecified atom stereocenters. The maximum atomic E-state index is 13.2. The lowest BCUT2D eigenvalue weighted by Crippen LogP contribution is -2.14. The minimum Gasteiger partial charge on any atom is -0.444 e. The second kappa shape index (κ2) is 7.27. The van der Waals surface area contributed by atoms with Gasteiger partial charge in [0.05, 0.1) is 11.3 Å². The van der Waals surface area contributed by atoms with E-state index in [1.165, 1.54) is 16.8 Å². The van der Waals surface area contributed by atoms with Crippen molar-refractivity contribution in [3.05, 3.63) is 77.7 Å². The molecule has 1 N–H and O–H groups in total. The number of amides is 1. The molecule has 0 aliphatic heterocycles. The number of nitrogens with one attached hydrogen (secondary N) is 1. The number of carbonyl (C=O) groups excluding carboxylic acids is 1. The predicted octanol–water partition coefficient (Wildman–Crippen LogP) is 3.63. The van der Waals surface area contributed by atoms with Crippen LogP contribution in [0, 0.1) is 17.1 Å². The maximum Gasteiger partial charge on any atom is 0.413 e. The molecule has 25 heavy (non-hydrogen) atoms. The molecule has 2 aromatic carbocycles. The molecule has 1 aromatic heterocycles. The van der Waals surface area contributed by atoms with Gasteiger partial charge in [0, 0.05) is 12.3 Å². The average molecular weight is 336 g/mol. The fourth-order valence-electron chi connectivity index (χ4n) is 2.19. The van der Waals surface area contributed by atoms with Crippen LogP contribution in [-0.4, -0.2) is 15.9 Å². The van der Waals surface area contributed by atoms with Crippen molar-refractivity contribution >= 4 is 11.9 Å². The van der Waals surface area contributed by atoms with Crippen LogP contribution >= 0.6 is 0 Å². The van der Waals surface area contributed by atoms with Crippen molar-refractivity contribution in [3.8, 4) is 11.8 Å². The summed E-state index contributed by atoms with van der Waals surface area (Å²) in [6.07, 6.45) is 0.912. The lowest BCUT2D eigenvalue weighted by atomic mass is 10.2. The number of anilines is 1. The number of hydrogen-bond acceptors (Lipinski definition) is 4. The molecule has 0 spiro atoms. The van der Waals surface area contributed by atoms with Crippen LogP contribution in [-0.2, 0) is 11.3 Å². The fourth-order valence-corrected chi connectivity index (χ4v) is 2.19. The number of carbonyl (C=O) groups is 1. The van der Waals surface area contributed by atoms with E-state index in [1.807, 2.05) is 36.4 Å². The maximum absolute atomic E-state index is 13.2. The van der Waals surface area contributed by atoms with Gasteiger partial charge in [-0.15, -0.1) is 5.10 Å². The summed E-state index contributed by atoms with van der Waals surface area (Å²) in [7, 11) is 0. The number of benzene rings is 2. The molecule has 0 saturated carbocycles. The van der Waals surface area contributed by atoms with E-state index in [2.05, 4.69) is 10.4 Å². The molecule has 124 valence electrons. The smallest absolute Gasteiger partial charge is 0.413 e. The first-order valence-corrected chi connectivity index (χ1v) is 7.39. The molecular weight excluding hydrogens is 323 g/mol. The molecule has 6 nitrogen and oxygen atoms in total. The molecule has 3 rings (SSSR count). The number of aromatic nitrogens is 2. The van der Waals surface area contributed by atoms with E-state index in [4.69, 9.17) is 10.00 Å². The number of ether oxygens (including phenoxy) is 1. The van der Waals surface area contributed by atoms with E-state index >= 15 is 0 Å². The van der Waals surface area contributed by atoms with Gasteiger partial charge in [0.15, 0.2) is 5.82 Å². The molecule has 1 amide bonds. The zero-order valence-electron chi connectivity index (χ0n) is 13.0. The highest BCUT2D eigenvalue weighted by Gasteiger charge is 2.10. The SMILES string of the molecule is N#Cc1cc(F)ccc1-n1ccc(NC(=O)OCc2ccccc2)n1. The first-order chi connectivity index (χ1) is 12.2. The van der Waals surface area contributed by atoms with Gasteiger partial charge in [-0.25, -0.2) is 13.9 Å². The Morgan fingerprint density at radius 1 is 1.24 bits per heavy atom. The van der Waals surface area contributed by atoms with Crippen LogP contribution in [0.25, 0.3) is 5.69 Å². The zero-order chi connectivity index (χ0) is 17.6. The Morgan fingerprint density at radius 3 is 2.80 bits per heavy atom. The lowest BCUT2D eigenvalue weighted by Gasteiger charge is -2.06. The average Bonchev–Trinajstić information content (AvgIpc) is 3.09. The fraction of sp³-hybridized carbons (Fsp3) is 0.0556. The summed E-state index contributed by atoms with van der Waals surface area (Å²) in [5.74, 6) is -0.249. The highest BCUT2D eigenvalue weighted by atomic mass is 19.1. The molecule has 3 aromatic rings. The van der Waals surface area contributed by atoms with Gasteiger partial charge in [0.2, 0.25) is 0 Å². The molecule has 0 bridgehead atoms. The number of rotatable bonds is 4. The highest BCUT2D eigenvalue weighted by molar-refractivity contribution is 5.83. The van der Waals surface area contributed by atoms with E-state index < -0.39 is 11.9 Å². The minimum atomic E-state index is -0.645.